The number of amides is 1. The molecule has 0 aromatic carbocycles. The van der Waals surface area contributed by atoms with Gasteiger partial charge in [0.05, 0.1) is 18.8 Å². The van der Waals surface area contributed by atoms with Crippen molar-refractivity contribution in [3.63, 3.8) is 0 Å². The molecule has 1 aromatic heterocycles. The Hall–Kier alpha value is -2.35. The van der Waals surface area contributed by atoms with Crippen LogP contribution in [0.15, 0.2) is 11.2 Å². The largest absolute Gasteiger partial charge is 0.461 e. The van der Waals surface area contributed by atoms with Crippen molar-refractivity contribution in [3.05, 3.63) is 23.0 Å². The number of hydrogen-bond donors (Lipinski definition) is 2. The summed E-state index contributed by atoms with van der Waals surface area (Å²) in [5, 5.41) is 2.39. The van der Waals surface area contributed by atoms with E-state index >= 15 is 0 Å². The lowest BCUT2D eigenvalue weighted by Crippen LogP contribution is -2.40. The lowest BCUT2D eigenvalue weighted by Gasteiger charge is -2.34. The van der Waals surface area contributed by atoms with E-state index in [0.29, 0.717) is 12.4 Å². The number of aliphatic imine (C=N–C) groups is 1. The molecule has 26 heavy (non-hydrogen) atoms. The monoisotopic (exact) mass is 366 g/mol. The molecule has 0 fully saturated rings. The highest BCUT2D eigenvalue weighted by Crippen LogP contribution is 2.35. The molecule has 1 aliphatic rings. The predicted octanol–water partition coefficient (Wildman–Crippen LogP) is 3.01. The molecule has 8 heteroatoms. The summed E-state index contributed by atoms with van der Waals surface area (Å²) in [6.07, 6.45) is 1.06. The summed E-state index contributed by atoms with van der Waals surface area (Å²) in [4.78, 5) is 20.2. The molecule has 0 spiro atoms. The number of ether oxygens (including phenoxy) is 3. The number of alkyl carbamates (subject to hydrolysis) is 1. The van der Waals surface area contributed by atoms with Crippen molar-refractivity contribution in [2.75, 3.05) is 0 Å². The van der Waals surface area contributed by atoms with Gasteiger partial charge in [-0.2, -0.15) is 0 Å². The summed E-state index contributed by atoms with van der Waals surface area (Å²) in [5.74, 6) is -0.0114. The van der Waals surface area contributed by atoms with Crippen LogP contribution in [0, 0.1) is 6.92 Å². The molecule has 1 amide bonds. The van der Waals surface area contributed by atoms with Crippen molar-refractivity contribution in [2.24, 2.45) is 10.7 Å². The van der Waals surface area contributed by atoms with Crippen LogP contribution in [0.4, 0.5) is 4.79 Å². The van der Waals surface area contributed by atoms with Crippen molar-refractivity contribution in [3.8, 4) is 5.75 Å². The van der Waals surface area contributed by atoms with Crippen molar-refractivity contribution >= 4 is 12.1 Å². The number of carbonyl (C=O) groups is 1. The van der Waals surface area contributed by atoms with Gasteiger partial charge in [0.15, 0.2) is 5.96 Å². The SMILES string of the molecule is C.Cc1ncc(CN=C(N)NC(=O)OC(C)(C)C)c2c1OC(C)(C)OC2. The van der Waals surface area contributed by atoms with Gasteiger partial charge in [-0.05, 0) is 27.7 Å². The average molecular weight is 366 g/mol. The number of nitrogens with zero attached hydrogens (tertiary/aromatic N) is 2. The molecule has 1 aliphatic heterocycles. The van der Waals surface area contributed by atoms with E-state index in [1.54, 1.807) is 27.0 Å². The third-order valence-electron chi connectivity index (χ3n) is 3.37. The molecule has 0 aliphatic carbocycles. The van der Waals surface area contributed by atoms with E-state index in [1.165, 1.54) is 0 Å². The van der Waals surface area contributed by atoms with Crippen LogP contribution in [-0.2, 0) is 22.6 Å². The Balaban J connectivity index is 0.00000338. The highest BCUT2D eigenvalue weighted by Gasteiger charge is 2.30. The zero-order valence-electron chi connectivity index (χ0n) is 15.6. The third kappa shape index (κ3) is 5.87. The van der Waals surface area contributed by atoms with Crippen LogP contribution < -0.4 is 15.8 Å². The maximum atomic E-state index is 11.7. The maximum Gasteiger partial charge on any atom is 0.414 e. The Morgan fingerprint density at radius 3 is 2.73 bits per heavy atom. The molecule has 0 unspecified atom stereocenters. The van der Waals surface area contributed by atoms with E-state index in [1.807, 2.05) is 20.8 Å². The second kappa shape index (κ2) is 7.90. The van der Waals surface area contributed by atoms with Crippen LogP contribution in [0.25, 0.3) is 0 Å². The Bertz CT molecular complexity index is 693. The van der Waals surface area contributed by atoms with Crippen LogP contribution in [0.3, 0.4) is 0 Å². The van der Waals surface area contributed by atoms with Gasteiger partial charge >= 0.3 is 6.09 Å². The molecule has 0 radical (unpaired) electrons. The van der Waals surface area contributed by atoms with E-state index in [4.69, 9.17) is 19.9 Å². The van der Waals surface area contributed by atoms with Gasteiger partial charge in [0, 0.05) is 31.2 Å². The average Bonchev–Trinajstić information content (AvgIpc) is 2.44. The molecule has 0 bridgehead atoms. The van der Waals surface area contributed by atoms with Gasteiger partial charge in [-0.25, -0.2) is 9.79 Å². The number of guanidine groups is 1. The van der Waals surface area contributed by atoms with Crippen molar-refractivity contribution in [2.45, 2.75) is 73.5 Å². The minimum atomic E-state index is -0.696. The van der Waals surface area contributed by atoms with Crippen LogP contribution in [0.2, 0.25) is 0 Å². The molecule has 2 heterocycles. The molecule has 8 nitrogen and oxygen atoms in total. The number of rotatable bonds is 2. The van der Waals surface area contributed by atoms with E-state index in [9.17, 15) is 4.79 Å². The molecule has 0 saturated carbocycles. The molecule has 3 N–H and O–H groups in total. The lowest BCUT2D eigenvalue weighted by molar-refractivity contribution is -0.180. The summed E-state index contributed by atoms with van der Waals surface area (Å²) in [5.41, 5.74) is 7.64. The molecule has 0 saturated heterocycles. The highest BCUT2D eigenvalue weighted by atomic mass is 16.7. The number of carbonyl (C=O) groups excluding carboxylic acids is 1. The first kappa shape index (κ1) is 21.7. The second-order valence-electron chi connectivity index (χ2n) is 7.30. The minimum absolute atomic E-state index is 0. The summed E-state index contributed by atoms with van der Waals surface area (Å²) < 4.78 is 16.7. The Morgan fingerprint density at radius 1 is 1.46 bits per heavy atom. The number of aryl methyl sites for hydroxylation is 1. The molecule has 1 aromatic rings. The Kier molecular flexibility index (Phi) is 6.59. The van der Waals surface area contributed by atoms with Gasteiger partial charge < -0.3 is 19.9 Å². The van der Waals surface area contributed by atoms with E-state index in [0.717, 1.165) is 16.8 Å². The predicted molar refractivity (Wildman–Crippen MR) is 99.9 cm³/mol. The van der Waals surface area contributed by atoms with Gasteiger partial charge in [0.25, 0.3) is 0 Å². The number of pyridine rings is 1. The third-order valence-corrected chi connectivity index (χ3v) is 3.37. The molecule has 2 rings (SSSR count). The Labute approximate surface area is 155 Å². The topological polar surface area (TPSA) is 108 Å². The van der Waals surface area contributed by atoms with E-state index in [2.05, 4.69) is 15.3 Å². The zero-order chi connectivity index (χ0) is 18.8. The van der Waals surface area contributed by atoms with E-state index in [-0.39, 0.29) is 19.9 Å². The molecule has 0 atom stereocenters. The quantitative estimate of drug-likeness (QED) is 0.615. The summed E-state index contributed by atoms with van der Waals surface area (Å²) >= 11 is 0. The highest BCUT2D eigenvalue weighted by molar-refractivity contribution is 5.92. The van der Waals surface area contributed by atoms with Gasteiger partial charge in [0.1, 0.15) is 11.4 Å². The van der Waals surface area contributed by atoms with Gasteiger partial charge in [-0.1, -0.05) is 7.43 Å². The molecular formula is C18H30N4O4. The van der Waals surface area contributed by atoms with Crippen LogP contribution in [-0.4, -0.2) is 28.4 Å². The first-order chi connectivity index (χ1) is 11.5. The second-order valence-corrected chi connectivity index (χ2v) is 7.30. The zero-order valence-corrected chi connectivity index (χ0v) is 15.6. The van der Waals surface area contributed by atoms with Crippen LogP contribution in [0.5, 0.6) is 5.75 Å². The standard InChI is InChI=1S/C17H26N4O4.CH4/c1-10-13-12(9-23-17(5,6)24-13)11(7-19-10)8-20-14(18)21-15(22)25-16(2,3)4;/h7H,8-9H2,1-6H3,(H3,18,20,21,22);1H4. The van der Waals surface area contributed by atoms with Crippen LogP contribution in [0.1, 0.15) is 58.9 Å². The smallest absolute Gasteiger partial charge is 0.414 e. The van der Waals surface area contributed by atoms with Gasteiger partial charge in [-0.15, -0.1) is 0 Å². The Morgan fingerprint density at radius 2 is 2.12 bits per heavy atom. The molecular weight excluding hydrogens is 336 g/mol. The van der Waals surface area contributed by atoms with Crippen molar-refractivity contribution < 1.29 is 19.0 Å². The maximum absolute atomic E-state index is 11.7. The fourth-order valence-electron chi connectivity index (χ4n) is 2.24. The summed E-state index contributed by atoms with van der Waals surface area (Å²) in [6.45, 7) is 11.5. The first-order valence-corrected chi connectivity index (χ1v) is 8.07. The lowest BCUT2D eigenvalue weighted by atomic mass is 10.1. The number of fused-ring (bicyclic) bond motifs is 1. The fraction of sp³-hybridized carbons (Fsp3) is 0.611. The fourth-order valence-corrected chi connectivity index (χ4v) is 2.24. The minimum Gasteiger partial charge on any atom is -0.461 e. The van der Waals surface area contributed by atoms with Crippen LogP contribution >= 0.6 is 0 Å². The number of nitrogens with two attached hydrogens (primary N) is 1. The normalized spacial score (nSPS) is 16.0. The van der Waals surface area contributed by atoms with Gasteiger partial charge in [0.2, 0.25) is 5.79 Å². The summed E-state index contributed by atoms with van der Waals surface area (Å²) in [7, 11) is 0. The molecule has 146 valence electrons. The van der Waals surface area contributed by atoms with Crippen molar-refractivity contribution in [1.82, 2.24) is 10.3 Å². The van der Waals surface area contributed by atoms with E-state index < -0.39 is 17.5 Å². The first-order valence-electron chi connectivity index (χ1n) is 8.07. The summed E-state index contributed by atoms with van der Waals surface area (Å²) in [6, 6.07) is 0. The number of hydrogen-bond acceptors (Lipinski definition) is 6. The van der Waals surface area contributed by atoms with Gasteiger partial charge in [-0.3, -0.25) is 10.3 Å². The van der Waals surface area contributed by atoms with Crippen molar-refractivity contribution in [1.29, 1.82) is 0 Å². The number of aromatic nitrogens is 1. The number of nitrogens with one attached hydrogen (secondary N) is 1.